The molecule has 0 amide bonds. The molecule has 0 bridgehead atoms. The first-order valence-electron chi connectivity index (χ1n) is 8.84. The van der Waals surface area contributed by atoms with Crippen LogP contribution >= 0.6 is 11.6 Å². The van der Waals surface area contributed by atoms with E-state index in [2.05, 4.69) is 35.8 Å². The van der Waals surface area contributed by atoms with Crippen LogP contribution in [0.25, 0.3) is 11.1 Å². The Morgan fingerprint density at radius 1 is 1.10 bits per heavy atom. The third-order valence-electron chi connectivity index (χ3n) is 4.02. The molecular formula is C19H17ClN8O. The van der Waals surface area contributed by atoms with Crippen LogP contribution in [-0.4, -0.2) is 41.3 Å². The summed E-state index contributed by atoms with van der Waals surface area (Å²) in [5, 5.41) is 14.7. The zero-order chi connectivity index (χ0) is 20.1. The summed E-state index contributed by atoms with van der Waals surface area (Å²) in [7, 11) is 0. The standard InChI is InChI=1S/C19H17ClN8O/c1-13(11-28-12-24-26-27-28)29-18-8-14(2-3-17(18)20)15-9-22-19(23-10-15)25-16-4-6-21-7-5-16/h2-10,12-13H,11H2,1H3,(H,21,22,23,25). The first-order chi connectivity index (χ1) is 14.2. The van der Waals surface area contributed by atoms with Gasteiger partial charge in [-0.2, -0.15) is 0 Å². The van der Waals surface area contributed by atoms with Crippen molar-refractivity contribution in [2.45, 2.75) is 19.6 Å². The summed E-state index contributed by atoms with van der Waals surface area (Å²) in [5.41, 5.74) is 2.61. The molecular weight excluding hydrogens is 392 g/mol. The number of hydrogen-bond acceptors (Lipinski definition) is 8. The lowest BCUT2D eigenvalue weighted by Gasteiger charge is -2.16. The van der Waals surface area contributed by atoms with Gasteiger partial charge >= 0.3 is 0 Å². The lowest BCUT2D eigenvalue weighted by Crippen LogP contribution is -2.20. The van der Waals surface area contributed by atoms with E-state index in [4.69, 9.17) is 16.3 Å². The molecule has 1 aromatic carbocycles. The van der Waals surface area contributed by atoms with Gasteiger partial charge in [0.05, 0.1) is 11.6 Å². The summed E-state index contributed by atoms with van der Waals surface area (Å²) in [5.74, 6) is 1.07. The number of hydrogen-bond donors (Lipinski definition) is 1. The minimum atomic E-state index is -0.172. The Labute approximate surface area is 171 Å². The zero-order valence-corrected chi connectivity index (χ0v) is 16.2. The molecule has 0 radical (unpaired) electrons. The van der Waals surface area contributed by atoms with Crippen LogP contribution in [0, 0.1) is 0 Å². The van der Waals surface area contributed by atoms with Crippen molar-refractivity contribution in [1.29, 1.82) is 0 Å². The first kappa shape index (κ1) is 18.8. The van der Waals surface area contributed by atoms with Crippen molar-refractivity contribution >= 4 is 23.2 Å². The molecule has 4 rings (SSSR count). The maximum absolute atomic E-state index is 6.31. The van der Waals surface area contributed by atoms with Crippen LogP contribution in [-0.2, 0) is 6.54 Å². The van der Waals surface area contributed by atoms with Crippen molar-refractivity contribution in [3.8, 4) is 16.9 Å². The molecule has 146 valence electrons. The molecule has 1 atom stereocenters. The summed E-state index contributed by atoms with van der Waals surface area (Å²) in [4.78, 5) is 12.7. The second-order valence-corrected chi connectivity index (χ2v) is 6.67. The Hall–Kier alpha value is -3.59. The maximum Gasteiger partial charge on any atom is 0.227 e. The van der Waals surface area contributed by atoms with Crippen molar-refractivity contribution in [1.82, 2.24) is 35.2 Å². The van der Waals surface area contributed by atoms with Gasteiger partial charge in [0.25, 0.3) is 0 Å². The highest BCUT2D eigenvalue weighted by Gasteiger charge is 2.11. The number of tetrazole rings is 1. The zero-order valence-electron chi connectivity index (χ0n) is 15.5. The van der Waals surface area contributed by atoms with E-state index in [1.165, 1.54) is 6.33 Å². The van der Waals surface area contributed by atoms with E-state index >= 15 is 0 Å². The van der Waals surface area contributed by atoms with Gasteiger partial charge in [0, 0.05) is 36.0 Å². The molecule has 0 saturated heterocycles. The summed E-state index contributed by atoms with van der Waals surface area (Å²) in [6, 6.07) is 9.25. The Bertz CT molecular complexity index is 1060. The molecule has 0 fully saturated rings. The van der Waals surface area contributed by atoms with Crippen molar-refractivity contribution < 1.29 is 4.74 Å². The summed E-state index contributed by atoms with van der Waals surface area (Å²) in [6.45, 7) is 2.43. The lowest BCUT2D eigenvalue weighted by atomic mass is 10.1. The molecule has 3 heterocycles. The Kier molecular flexibility index (Phi) is 5.57. The van der Waals surface area contributed by atoms with E-state index in [0.717, 1.165) is 16.8 Å². The van der Waals surface area contributed by atoms with Gasteiger partial charge < -0.3 is 10.1 Å². The van der Waals surface area contributed by atoms with Gasteiger partial charge in [0.15, 0.2) is 0 Å². The molecule has 0 aliphatic rings. The minimum absolute atomic E-state index is 0.172. The van der Waals surface area contributed by atoms with Gasteiger partial charge in [-0.25, -0.2) is 14.6 Å². The number of rotatable bonds is 7. The summed E-state index contributed by atoms with van der Waals surface area (Å²) >= 11 is 6.31. The van der Waals surface area contributed by atoms with Crippen LogP contribution in [0.3, 0.4) is 0 Å². The van der Waals surface area contributed by atoms with Gasteiger partial charge in [-0.05, 0) is 47.2 Å². The molecule has 3 aromatic heterocycles. The average molecular weight is 409 g/mol. The summed E-state index contributed by atoms with van der Waals surface area (Å²) < 4.78 is 7.58. The van der Waals surface area contributed by atoms with Crippen LogP contribution in [0.5, 0.6) is 5.75 Å². The second kappa shape index (κ2) is 8.61. The van der Waals surface area contributed by atoms with Gasteiger partial charge in [-0.15, -0.1) is 5.10 Å². The molecule has 0 saturated carbocycles. The van der Waals surface area contributed by atoms with E-state index in [0.29, 0.717) is 23.3 Å². The largest absolute Gasteiger partial charge is 0.487 e. The monoisotopic (exact) mass is 408 g/mol. The van der Waals surface area contributed by atoms with E-state index in [-0.39, 0.29) is 6.10 Å². The third kappa shape index (κ3) is 4.82. The van der Waals surface area contributed by atoms with Crippen molar-refractivity contribution in [2.24, 2.45) is 0 Å². The number of nitrogens with zero attached hydrogens (tertiary/aromatic N) is 7. The normalized spacial score (nSPS) is 11.8. The predicted octanol–water partition coefficient (Wildman–Crippen LogP) is 3.39. The van der Waals surface area contributed by atoms with Crippen molar-refractivity contribution in [3.05, 3.63) is 66.5 Å². The number of benzene rings is 1. The topological polar surface area (TPSA) is 104 Å². The predicted molar refractivity (Wildman–Crippen MR) is 108 cm³/mol. The fourth-order valence-electron chi connectivity index (χ4n) is 2.66. The Balaban J connectivity index is 1.47. The molecule has 9 nitrogen and oxygen atoms in total. The smallest absolute Gasteiger partial charge is 0.227 e. The van der Waals surface area contributed by atoms with Gasteiger partial charge in [-0.1, -0.05) is 17.7 Å². The molecule has 1 unspecified atom stereocenters. The number of aromatic nitrogens is 7. The lowest BCUT2D eigenvalue weighted by molar-refractivity contribution is 0.193. The number of nitrogens with one attached hydrogen (secondary N) is 1. The van der Waals surface area contributed by atoms with Crippen LogP contribution in [0.4, 0.5) is 11.6 Å². The highest BCUT2D eigenvalue weighted by Crippen LogP contribution is 2.31. The van der Waals surface area contributed by atoms with E-state index in [9.17, 15) is 0 Å². The minimum Gasteiger partial charge on any atom is -0.487 e. The van der Waals surface area contributed by atoms with E-state index in [1.807, 2.05) is 31.2 Å². The van der Waals surface area contributed by atoms with Crippen LogP contribution in [0.2, 0.25) is 5.02 Å². The van der Waals surface area contributed by atoms with Crippen LogP contribution in [0.15, 0.2) is 61.4 Å². The van der Waals surface area contributed by atoms with Gasteiger partial charge in [-0.3, -0.25) is 4.98 Å². The number of pyridine rings is 1. The Morgan fingerprint density at radius 2 is 1.90 bits per heavy atom. The quantitative estimate of drug-likeness (QED) is 0.496. The van der Waals surface area contributed by atoms with Gasteiger partial charge in [0.2, 0.25) is 5.95 Å². The van der Waals surface area contributed by atoms with Crippen molar-refractivity contribution in [3.63, 3.8) is 0 Å². The highest BCUT2D eigenvalue weighted by atomic mass is 35.5. The molecule has 29 heavy (non-hydrogen) atoms. The maximum atomic E-state index is 6.31. The second-order valence-electron chi connectivity index (χ2n) is 6.26. The van der Waals surface area contributed by atoms with E-state index < -0.39 is 0 Å². The molecule has 1 N–H and O–H groups in total. The van der Waals surface area contributed by atoms with Gasteiger partial charge in [0.1, 0.15) is 18.2 Å². The Morgan fingerprint density at radius 3 is 2.62 bits per heavy atom. The molecule has 0 aliphatic heterocycles. The van der Waals surface area contributed by atoms with Crippen molar-refractivity contribution in [2.75, 3.05) is 5.32 Å². The van der Waals surface area contributed by atoms with Crippen LogP contribution < -0.4 is 10.1 Å². The first-order valence-corrected chi connectivity index (χ1v) is 9.21. The molecule has 0 aliphatic carbocycles. The number of ether oxygens (including phenoxy) is 1. The summed E-state index contributed by atoms with van der Waals surface area (Å²) in [6.07, 6.45) is 8.26. The SMILES string of the molecule is CC(Cn1cnnn1)Oc1cc(-c2cnc(Nc3ccncc3)nc2)ccc1Cl. The molecule has 4 aromatic rings. The number of halogens is 1. The fourth-order valence-corrected chi connectivity index (χ4v) is 2.82. The van der Waals surface area contributed by atoms with E-state index in [1.54, 1.807) is 35.5 Å². The number of anilines is 2. The molecule has 10 heteroatoms. The molecule has 0 spiro atoms. The average Bonchev–Trinajstić information content (AvgIpc) is 3.24. The third-order valence-corrected chi connectivity index (χ3v) is 4.33. The van der Waals surface area contributed by atoms with Crippen LogP contribution in [0.1, 0.15) is 6.92 Å². The highest BCUT2D eigenvalue weighted by molar-refractivity contribution is 6.32. The fraction of sp³-hybridized carbons (Fsp3) is 0.158.